The number of aryl methyl sites for hydroxylation is 2. The second kappa shape index (κ2) is 4.88. The maximum absolute atomic E-state index is 9.06. The van der Waals surface area contributed by atoms with Gasteiger partial charge in [-0.05, 0) is 25.7 Å². The van der Waals surface area contributed by atoms with E-state index in [1.807, 2.05) is 11.3 Å². The van der Waals surface area contributed by atoms with E-state index in [9.17, 15) is 0 Å². The van der Waals surface area contributed by atoms with Gasteiger partial charge in [0.05, 0.1) is 5.69 Å². The van der Waals surface area contributed by atoms with Crippen molar-refractivity contribution in [2.75, 3.05) is 6.61 Å². The molecule has 0 spiro atoms. The first kappa shape index (κ1) is 11.4. The number of rotatable bonds is 4. The molecule has 2 aliphatic rings. The Kier molecular flexibility index (Phi) is 3.27. The van der Waals surface area contributed by atoms with E-state index in [-0.39, 0.29) is 6.61 Å². The lowest BCUT2D eigenvalue weighted by Gasteiger charge is -2.11. The molecule has 2 atom stereocenters. The molecular formula is C13H18N2OS. The van der Waals surface area contributed by atoms with Crippen molar-refractivity contribution in [1.82, 2.24) is 10.3 Å². The van der Waals surface area contributed by atoms with Gasteiger partial charge in [-0.1, -0.05) is 12.2 Å². The van der Waals surface area contributed by atoms with Crippen LogP contribution >= 0.6 is 11.3 Å². The van der Waals surface area contributed by atoms with Crippen molar-refractivity contribution in [2.24, 2.45) is 5.92 Å². The molecule has 2 aliphatic carbocycles. The Morgan fingerprint density at radius 1 is 1.41 bits per heavy atom. The van der Waals surface area contributed by atoms with Crippen LogP contribution in [0.2, 0.25) is 0 Å². The van der Waals surface area contributed by atoms with Crippen LogP contribution in [0.5, 0.6) is 0 Å². The molecule has 0 amide bonds. The van der Waals surface area contributed by atoms with Crippen molar-refractivity contribution in [3.05, 3.63) is 27.7 Å². The summed E-state index contributed by atoms with van der Waals surface area (Å²) in [5, 5.41) is 13.8. The van der Waals surface area contributed by atoms with Gasteiger partial charge < -0.3 is 10.4 Å². The largest absolute Gasteiger partial charge is 0.396 e. The predicted octanol–water partition coefficient (Wildman–Crippen LogP) is 1.66. The molecular weight excluding hydrogens is 232 g/mol. The fourth-order valence-corrected chi connectivity index (χ4v) is 3.71. The van der Waals surface area contributed by atoms with Gasteiger partial charge in [0.2, 0.25) is 0 Å². The van der Waals surface area contributed by atoms with Gasteiger partial charge in [0.25, 0.3) is 0 Å². The number of thiazole rings is 1. The lowest BCUT2D eigenvalue weighted by Crippen LogP contribution is -2.26. The Hall–Kier alpha value is -0.710. The van der Waals surface area contributed by atoms with Gasteiger partial charge in [-0.2, -0.15) is 0 Å². The quantitative estimate of drug-likeness (QED) is 0.799. The topological polar surface area (TPSA) is 45.1 Å². The second-order valence-electron chi connectivity index (χ2n) is 4.88. The Bertz CT molecular complexity index is 406. The van der Waals surface area contributed by atoms with Crippen LogP contribution in [0.4, 0.5) is 0 Å². The van der Waals surface area contributed by atoms with Crippen LogP contribution in [-0.2, 0) is 19.4 Å². The number of nitrogens with zero attached hydrogens (tertiary/aromatic N) is 1. The maximum atomic E-state index is 9.06. The number of hydrogen-bond acceptors (Lipinski definition) is 4. The first-order valence-corrected chi connectivity index (χ1v) is 7.17. The number of nitrogens with one attached hydrogen (secondary N) is 1. The number of aliphatic hydroxyl groups is 1. The summed E-state index contributed by atoms with van der Waals surface area (Å²) in [6.45, 7) is 1.13. The van der Waals surface area contributed by atoms with E-state index >= 15 is 0 Å². The minimum Gasteiger partial charge on any atom is -0.396 e. The highest BCUT2D eigenvalue weighted by Gasteiger charge is 2.19. The smallest absolute Gasteiger partial charge is 0.107 e. The maximum Gasteiger partial charge on any atom is 0.107 e. The minimum atomic E-state index is 0.264. The molecule has 17 heavy (non-hydrogen) atoms. The van der Waals surface area contributed by atoms with Gasteiger partial charge in [-0.15, -0.1) is 11.3 Å². The van der Waals surface area contributed by atoms with Gasteiger partial charge in [0.15, 0.2) is 0 Å². The van der Waals surface area contributed by atoms with E-state index < -0.39 is 0 Å². The Balaban J connectivity index is 1.53. The molecule has 2 N–H and O–H groups in total. The highest BCUT2D eigenvalue weighted by molar-refractivity contribution is 7.11. The molecule has 0 aromatic carbocycles. The van der Waals surface area contributed by atoms with Crippen molar-refractivity contribution < 1.29 is 5.11 Å². The fourth-order valence-electron chi connectivity index (χ4n) is 2.60. The van der Waals surface area contributed by atoms with Crippen LogP contribution in [0.1, 0.15) is 28.4 Å². The van der Waals surface area contributed by atoms with Gasteiger partial charge in [-0.3, -0.25) is 0 Å². The Labute approximate surface area is 106 Å². The third-order valence-electron chi connectivity index (χ3n) is 3.56. The van der Waals surface area contributed by atoms with E-state index in [1.165, 1.54) is 34.8 Å². The monoisotopic (exact) mass is 250 g/mol. The molecule has 0 unspecified atom stereocenters. The summed E-state index contributed by atoms with van der Waals surface area (Å²) in [5.74, 6) is 0.341. The zero-order chi connectivity index (χ0) is 11.7. The summed E-state index contributed by atoms with van der Waals surface area (Å²) in [6, 6.07) is 0.408. The molecule has 0 fully saturated rings. The zero-order valence-corrected chi connectivity index (χ0v) is 10.7. The molecule has 0 saturated carbocycles. The SMILES string of the molecule is OC[C@H]1C=C[C@@H](NCc2nc3c(s2)CCC3)C1. The Morgan fingerprint density at radius 2 is 2.35 bits per heavy atom. The van der Waals surface area contributed by atoms with Crippen LogP contribution in [0.15, 0.2) is 12.2 Å². The highest BCUT2D eigenvalue weighted by atomic mass is 32.1. The molecule has 0 radical (unpaired) electrons. The summed E-state index contributed by atoms with van der Waals surface area (Å²) in [5.41, 5.74) is 1.34. The first-order chi connectivity index (χ1) is 8.35. The first-order valence-electron chi connectivity index (χ1n) is 6.35. The van der Waals surface area contributed by atoms with E-state index in [0.717, 1.165) is 13.0 Å². The average Bonchev–Trinajstić information content (AvgIpc) is 3.01. The van der Waals surface area contributed by atoms with E-state index in [2.05, 4.69) is 22.5 Å². The molecule has 1 aromatic rings. The summed E-state index contributed by atoms with van der Waals surface area (Å²) >= 11 is 1.86. The van der Waals surface area contributed by atoms with Crippen molar-refractivity contribution >= 4 is 11.3 Å². The average molecular weight is 250 g/mol. The zero-order valence-electron chi connectivity index (χ0n) is 9.85. The molecule has 0 aliphatic heterocycles. The van der Waals surface area contributed by atoms with E-state index in [4.69, 9.17) is 5.11 Å². The lowest BCUT2D eigenvalue weighted by molar-refractivity contribution is 0.246. The van der Waals surface area contributed by atoms with Crippen LogP contribution in [0.3, 0.4) is 0 Å². The number of aliphatic hydroxyl groups excluding tert-OH is 1. The number of hydrogen-bond donors (Lipinski definition) is 2. The molecule has 1 heterocycles. The molecule has 3 nitrogen and oxygen atoms in total. The van der Waals surface area contributed by atoms with Crippen molar-refractivity contribution in [3.63, 3.8) is 0 Å². The molecule has 0 bridgehead atoms. The minimum absolute atomic E-state index is 0.264. The van der Waals surface area contributed by atoms with Gasteiger partial charge >= 0.3 is 0 Å². The second-order valence-corrected chi connectivity index (χ2v) is 6.05. The van der Waals surface area contributed by atoms with Gasteiger partial charge in [-0.25, -0.2) is 4.98 Å². The summed E-state index contributed by atoms with van der Waals surface area (Å²) in [7, 11) is 0. The van der Waals surface area contributed by atoms with Gasteiger partial charge in [0.1, 0.15) is 5.01 Å². The van der Waals surface area contributed by atoms with Crippen molar-refractivity contribution in [3.8, 4) is 0 Å². The van der Waals surface area contributed by atoms with Crippen LogP contribution in [0.25, 0.3) is 0 Å². The summed E-state index contributed by atoms with van der Waals surface area (Å²) in [4.78, 5) is 6.17. The predicted molar refractivity (Wildman–Crippen MR) is 69.1 cm³/mol. The normalized spacial score (nSPS) is 26.6. The third kappa shape index (κ3) is 2.44. The summed E-state index contributed by atoms with van der Waals surface area (Å²) in [6.07, 6.45) is 8.97. The fraction of sp³-hybridized carbons (Fsp3) is 0.615. The highest BCUT2D eigenvalue weighted by Crippen LogP contribution is 2.27. The molecule has 92 valence electrons. The van der Waals surface area contributed by atoms with Crippen molar-refractivity contribution in [2.45, 2.75) is 38.3 Å². The molecule has 4 heteroatoms. The molecule has 3 rings (SSSR count). The van der Waals surface area contributed by atoms with Gasteiger partial charge in [0, 0.05) is 30.0 Å². The van der Waals surface area contributed by atoms with Crippen LogP contribution < -0.4 is 5.32 Å². The van der Waals surface area contributed by atoms with E-state index in [0.29, 0.717) is 12.0 Å². The lowest BCUT2D eigenvalue weighted by atomic mass is 10.1. The third-order valence-corrected chi connectivity index (χ3v) is 4.72. The Morgan fingerprint density at radius 3 is 3.12 bits per heavy atom. The van der Waals surface area contributed by atoms with Crippen LogP contribution in [-0.4, -0.2) is 22.7 Å². The van der Waals surface area contributed by atoms with Crippen molar-refractivity contribution in [1.29, 1.82) is 0 Å². The molecule has 1 aromatic heterocycles. The summed E-state index contributed by atoms with van der Waals surface area (Å²) < 4.78 is 0. The standard InChI is InChI=1S/C13H18N2OS/c16-8-9-4-5-10(6-9)14-7-13-15-11-2-1-3-12(11)17-13/h4-5,9-10,14,16H,1-3,6-8H2/t9-,10+/m0/s1. The van der Waals surface area contributed by atoms with Crippen LogP contribution in [0, 0.1) is 5.92 Å². The number of fused-ring (bicyclic) bond motifs is 1. The molecule has 0 saturated heterocycles. The number of aromatic nitrogens is 1. The van der Waals surface area contributed by atoms with E-state index in [1.54, 1.807) is 0 Å².